The molecule has 0 aromatic carbocycles. The average molecular weight is 275 g/mol. The van der Waals surface area contributed by atoms with Crippen molar-refractivity contribution in [3.8, 4) is 0 Å². The number of hydrogen-bond donors (Lipinski definition) is 1. The summed E-state index contributed by atoms with van der Waals surface area (Å²) in [5.74, 6) is 1.46. The van der Waals surface area contributed by atoms with E-state index in [1.54, 1.807) is 0 Å². The van der Waals surface area contributed by atoms with Crippen LogP contribution in [0.25, 0.3) is 0 Å². The van der Waals surface area contributed by atoms with E-state index in [4.69, 9.17) is 5.73 Å². The number of nitrogens with two attached hydrogens (primary N) is 1. The fourth-order valence-corrected chi connectivity index (χ4v) is 3.73. The molecule has 3 unspecified atom stereocenters. The van der Waals surface area contributed by atoms with Gasteiger partial charge < -0.3 is 5.73 Å². The molecule has 0 spiro atoms. The SMILES string of the molecule is CC1CCC(C)C(CN)(N(C)CCc2ccccn2)C1. The van der Waals surface area contributed by atoms with Crippen molar-refractivity contribution >= 4 is 0 Å². The summed E-state index contributed by atoms with van der Waals surface area (Å²) in [5, 5.41) is 0. The Labute approximate surface area is 123 Å². The molecule has 1 aliphatic rings. The van der Waals surface area contributed by atoms with Gasteiger partial charge in [-0.3, -0.25) is 9.88 Å². The molecule has 1 aromatic rings. The van der Waals surface area contributed by atoms with Gasteiger partial charge >= 0.3 is 0 Å². The minimum absolute atomic E-state index is 0.173. The quantitative estimate of drug-likeness (QED) is 0.898. The molecule has 1 heterocycles. The van der Waals surface area contributed by atoms with Crippen molar-refractivity contribution in [3.63, 3.8) is 0 Å². The van der Waals surface area contributed by atoms with Gasteiger partial charge in [0.15, 0.2) is 0 Å². The van der Waals surface area contributed by atoms with E-state index in [-0.39, 0.29) is 5.54 Å². The molecule has 1 aromatic heterocycles. The van der Waals surface area contributed by atoms with E-state index in [1.165, 1.54) is 25.0 Å². The van der Waals surface area contributed by atoms with Gasteiger partial charge in [-0.05, 0) is 43.9 Å². The third-order valence-corrected chi connectivity index (χ3v) is 5.25. The molecular weight excluding hydrogens is 246 g/mol. The van der Waals surface area contributed by atoms with E-state index >= 15 is 0 Å². The van der Waals surface area contributed by atoms with Crippen molar-refractivity contribution < 1.29 is 0 Å². The van der Waals surface area contributed by atoms with Gasteiger partial charge in [0.05, 0.1) is 0 Å². The van der Waals surface area contributed by atoms with Crippen LogP contribution in [0, 0.1) is 11.8 Å². The Morgan fingerprint density at radius 2 is 2.15 bits per heavy atom. The molecule has 3 heteroatoms. The second-order valence-electron chi connectivity index (χ2n) is 6.59. The normalized spacial score (nSPS) is 30.6. The van der Waals surface area contributed by atoms with Gasteiger partial charge in [-0.2, -0.15) is 0 Å². The smallest absolute Gasteiger partial charge is 0.0416 e. The van der Waals surface area contributed by atoms with Crippen LogP contribution in [0.15, 0.2) is 24.4 Å². The minimum atomic E-state index is 0.173. The highest BCUT2D eigenvalue weighted by Gasteiger charge is 2.42. The molecule has 20 heavy (non-hydrogen) atoms. The first kappa shape index (κ1) is 15.5. The Morgan fingerprint density at radius 3 is 2.80 bits per heavy atom. The lowest BCUT2D eigenvalue weighted by Gasteiger charge is -2.50. The molecule has 2 rings (SSSR count). The predicted octanol–water partition coefficient (Wildman–Crippen LogP) is 2.71. The molecule has 0 amide bonds. The summed E-state index contributed by atoms with van der Waals surface area (Å²) in [6.07, 6.45) is 6.74. The zero-order valence-corrected chi connectivity index (χ0v) is 13.2. The molecule has 0 saturated heterocycles. The van der Waals surface area contributed by atoms with E-state index < -0.39 is 0 Å². The number of hydrogen-bond acceptors (Lipinski definition) is 3. The third kappa shape index (κ3) is 3.21. The summed E-state index contributed by atoms with van der Waals surface area (Å²) >= 11 is 0. The number of aromatic nitrogens is 1. The van der Waals surface area contributed by atoms with Crippen molar-refractivity contribution in [2.24, 2.45) is 17.6 Å². The van der Waals surface area contributed by atoms with Crippen LogP contribution in [-0.2, 0) is 6.42 Å². The van der Waals surface area contributed by atoms with Crippen molar-refractivity contribution in [1.29, 1.82) is 0 Å². The van der Waals surface area contributed by atoms with Gasteiger partial charge in [-0.1, -0.05) is 26.3 Å². The van der Waals surface area contributed by atoms with Crippen LogP contribution in [0.2, 0.25) is 0 Å². The maximum atomic E-state index is 6.20. The van der Waals surface area contributed by atoms with Crippen LogP contribution in [0.1, 0.15) is 38.8 Å². The Hall–Kier alpha value is -0.930. The van der Waals surface area contributed by atoms with Gasteiger partial charge in [-0.25, -0.2) is 0 Å². The number of pyridine rings is 1. The van der Waals surface area contributed by atoms with E-state index in [2.05, 4.69) is 42.9 Å². The second kappa shape index (κ2) is 6.68. The summed E-state index contributed by atoms with van der Waals surface area (Å²) < 4.78 is 0. The molecule has 112 valence electrons. The van der Waals surface area contributed by atoms with E-state index in [9.17, 15) is 0 Å². The second-order valence-corrected chi connectivity index (χ2v) is 6.59. The summed E-state index contributed by atoms with van der Waals surface area (Å²) in [6.45, 7) is 6.53. The largest absolute Gasteiger partial charge is 0.329 e. The maximum Gasteiger partial charge on any atom is 0.0416 e. The van der Waals surface area contributed by atoms with Crippen LogP contribution in [0.4, 0.5) is 0 Å². The number of nitrogens with zero attached hydrogens (tertiary/aromatic N) is 2. The molecule has 1 aliphatic carbocycles. The van der Waals surface area contributed by atoms with E-state index in [1.807, 2.05) is 12.3 Å². The van der Waals surface area contributed by atoms with Gasteiger partial charge in [-0.15, -0.1) is 0 Å². The zero-order valence-electron chi connectivity index (χ0n) is 13.2. The van der Waals surface area contributed by atoms with Crippen molar-refractivity contribution in [1.82, 2.24) is 9.88 Å². The summed E-state index contributed by atoms with van der Waals surface area (Å²) in [5.41, 5.74) is 7.55. The third-order valence-electron chi connectivity index (χ3n) is 5.25. The predicted molar refractivity (Wildman–Crippen MR) is 84.5 cm³/mol. The van der Waals surface area contributed by atoms with Crippen LogP contribution in [0.5, 0.6) is 0 Å². The topological polar surface area (TPSA) is 42.1 Å². The first-order valence-electron chi connectivity index (χ1n) is 7.89. The van der Waals surface area contributed by atoms with E-state index in [0.29, 0.717) is 5.92 Å². The van der Waals surface area contributed by atoms with E-state index in [0.717, 1.165) is 25.4 Å². The Morgan fingerprint density at radius 1 is 1.35 bits per heavy atom. The molecule has 2 N–H and O–H groups in total. The fraction of sp³-hybridized carbons (Fsp3) is 0.706. The standard InChI is InChI=1S/C17H29N3/c1-14-7-8-15(2)17(12-14,13-18)20(3)11-9-16-6-4-5-10-19-16/h4-6,10,14-15H,7-9,11-13,18H2,1-3H3. The maximum absolute atomic E-state index is 6.20. The fourth-order valence-electron chi connectivity index (χ4n) is 3.73. The summed E-state index contributed by atoms with van der Waals surface area (Å²) in [7, 11) is 2.24. The van der Waals surface area contributed by atoms with Gasteiger partial charge in [0, 0.05) is 36.9 Å². The van der Waals surface area contributed by atoms with Gasteiger partial charge in [0.2, 0.25) is 0 Å². The molecular formula is C17H29N3. The van der Waals surface area contributed by atoms with Crippen molar-refractivity contribution in [2.75, 3.05) is 20.1 Å². The average Bonchev–Trinajstić information content (AvgIpc) is 2.48. The summed E-state index contributed by atoms with van der Waals surface area (Å²) in [4.78, 5) is 6.92. The van der Waals surface area contributed by atoms with Crippen LogP contribution in [0.3, 0.4) is 0 Å². The van der Waals surface area contributed by atoms with Crippen LogP contribution < -0.4 is 5.73 Å². The highest BCUT2D eigenvalue weighted by molar-refractivity contribution is 5.05. The Kier molecular flexibility index (Phi) is 5.17. The first-order valence-corrected chi connectivity index (χ1v) is 7.89. The lowest BCUT2D eigenvalue weighted by molar-refractivity contribution is 0.0151. The number of likely N-dealkylation sites (N-methyl/N-ethyl adjacent to an activating group) is 1. The lowest BCUT2D eigenvalue weighted by Crippen LogP contribution is -2.59. The molecule has 3 nitrogen and oxygen atoms in total. The van der Waals surface area contributed by atoms with Gasteiger partial charge in [0.1, 0.15) is 0 Å². The highest BCUT2D eigenvalue weighted by atomic mass is 15.2. The highest BCUT2D eigenvalue weighted by Crippen LogP contribution is 2.39. The Bertz CT molecular complexity index is 406. The number of rotatable bonds is 5. The molecule has 0 aliphatic heterocycles. The van der Waals surface area contributed by atoms with Crippen molar-refractivity contribution in [2.45, 2.75) is 45.1 Å². The molecule has 0 bridgehead atoms. The van der Waals surface area contributed by atoms with Crippen molar-refractivity contribution in [3.05, 3.63) is 30.1 Å². The first-order chi connectivity index (χ1) is 9.58. The molecule has 0 radical (unpaired) electrons. The Balaban J connectivity index is 2.02. The lowest BCUT2D eigenvalue weighted by atomic mass is 9.68. The molecule has 3 atom stereocenters. The van der Waals surface area contributed by atoms with Crippen LogP contribution in [-0.4, -0.2) is 35.6 Å². The zero-order chi connectivity index (χ0) is 14.6. The molecule has 1 saturated carbocycles. The van der Waals surface area contributed by atoms with Gasteiger partial charge in [0.25, 0.3) is 0 Å². The molecule has 1 fully saturated rings. The monoisotopic (exact) mass is 275 g/mol. The van der Waals surface area contributed by atoms with Crippen LogP contribution >= 0.6 is 0 Å². The summed E-state index contributed by atoms with van der Waals surface area (Å²) in [6, 6.07) is 6.14. The minimum Gasteiger partial charge on any atom is -0.329 e.